The van der Waals surface area contributed by atoms with Crippen molar-refractivity contribution in [2.45, 2.75) is 6.92 Å². The Labute approximate surface area is 154 Å². The van der Waals surface area contributed by atoms with Crippen molar-refractivity contribution in [2.24, 2.45) is 0 Å². The van der Waals surface area contributed by atoms with Gasteiger partial charge in [-0.1, -0.05) is 41.4 Å². The number of halogens is 1. The van der Waals surface area contributed by atoms with Gasteiger partial charge in [-0.15, -0.1) is 11.3 Å². The summed E-state index contributed by atoms with van der Waals surface area (Å²) in [5, 5.41) is 1.48. The first-order valence-corrected chi connectivity index (χ1v) is 9.08. The van der Waals surface area contributed by atoms with E-state index in [1.54, 1.807) is 35.6 Å². The molecule has 4 rings (SSSR count). The van der Waals surface area contributed by atoms with Crippen LogP contribution in [0.1, 0.15) is 21.5 Å². The number of nitrogens with zero attached hydrogens (tertiary/aromatic N) is 1. The van der Waals surface area contributed by atoms with Crippen molar-refractivity contribution in [1.29, 1.82) is 0 Å². The summed E-state index contributed by atoms with van der Waals surface area (Å²) in [6.45, 7) is 2.02. The molecule has 2 nitrogen and oxygen atoms in total. The van der Waals surface area contributed by atoms with Crippen LogP contribution in [0.5, 0.6) is 0 Å². The van der Waals surface area contributed by atoms with Gasteiger partial charge in [0.2, 0.25) is 0 Å². The second-order valence-electron chi connectivity index (χ2n) is 5.87. The molecule has 0 aliphatic rings. The largest absolute Gasteiger partial charge is 0.289 e. The zero-order valence-corrected chi connectivity index (χ0v) is 15.1. The molecule has 0 saturated heterocycles. The molecule has 0 atom stereocenters. The van der Waals surface area contributed by atoms with Gasteiger partial charge in [-0.05, 0) is 49.4 Å². The molecule has 3 aromatic carbocycles. The van der Waals surface area contributed by atoms with Gasteiger partial charge in [0.1, 0.15) is 5.01 Å². The van der Waals surface area contributed by atoms with Gasteiger partial charge >= 0.3 is 0 Å². The van der Waals surface area contributed by atoms with E-state index in [1.165, 1.54) is 0 Å². The quantitative estimate of drug-likeness (QED) is 0.408. The fourth-order valence-electron chi connectivity index (χ4n) is 2.78. The highest BCUT2D eigenvalue weighted by atomic mass is 35.5. The maximum Gasteiger partial charge on any atom is 0.193 e. The second-order valence-corrected chi connectivity index (χ2v) is 7.34. The maximum absolute atomic E-state index is 13.0. The Morgan fingerprint density at radius 3 is 2.52 bits per heavy atom. The Kier molecular flexibility index (Phi) is 4.12. The number of para-hydroxylation sites is 1. The third-order valence-corrected chi connectivity index (χ3v) is 5.37. The molecule has 0 fully saturated rings. The summed E-state index contributed by atoms with van der Waals surface area (Å²) in [6, 6.07) is 20.9. The number of hydrogen-bond donors (Lipinski definition) is 0. The van der Waals surface area contributed by atoms with Gasteiger partial charge in [-0.25, -0.2) is 4.98 Å². The summed E-state index contributed by atoms with van der Waals surface area (Å²) < 4.78 is 1.11. The number of aromatic nitrogens is 1. The smallest absolute Gasteiger partial charge is 0.193 e. The first-order valence-electron chi connectivity index (χ1n) is 7.89. The molecule has 0 saturated carbocycles. The molecule has 0 radical (unpaired) electrons. The minimum atomic E-state index is -0.0223. The molecule has 4 aromatic rings. The van der Waals surface area contributed by atoms with Crippen molar-refractivity contribution < 1.29 is 4.79 Å². The van der Waals surface area contributed by atoms with Crippen LogP contribution in [0.4, 0.5) is 0 Å². The van der Waals surface area contributed by atoms with E-state index in [4.69, 9.17) is 16.6 Å². The van der Waals surface area contributed by atoms with Crippen molar-refractivity contribution >= 4 is 38.9 Å². The number of fused-ring (bicyclic) bond motifs is 1. The number of ketones is 1. The van der Waals surface area contributed by atoms with Gasteiger partial charge in [-0.3, -0.25) is 4.79 Å². The normalized spacial score (nSPS) is 11.0. The van der Waals surface area contributed by atoms with E-state index < -0.39 is 0 Å². The number of hydrogen-bond acceptors (Lipinski definition) is 3. The number of aryl methyl sites for hydroxylation is 1. The van der Waals surface area contributed by atoms with E-state index in [-0.39, 0.29) is 5.78 Å². The van der Waals surface area contributed by atoms with Crippen molar-refractivity contribution in [3.63, 3.8) is 0 Å². The van der Waals surface area contributed by atoms with Crippen molar-refractivity contribution in [3.8, 4) is 10.6 Å². The minimum absolute atomic E-state index is 0.0223. The molecule has 1 heterocycles. The minimum Gasteiger partial charge on any atom is -0.289 e. The third kappa shape index (κ3) is 3.09. The molecule has 0 unspecified atom stereocenters. The molecule has 122 valence electrons. The van der Waals surface area contributed by atoms with Gasteiger partial charge in [0, 0.05) is 21.7 Å². The summed E-state index contributed by atoms with van der Waals surface area (Å²) >= 11 is 7.54. The first-order chi connectivity index (χ1) is 12.1. The number of benzene rings is 3. The average Bonchev–Trinajstić information content (AvgIpc) is 3.06. The maximum atomic E-state index is 13.0. The molecule has 0 aliphatic heterocycles. The number of thiazole rings is 1. The predicted octanol–water partition coefficient (Wildman–Crippen LogP) is 6.16. The number of carbonyl (C=O) groups is 1. The molecule has 0 amide bonds. The molecule has 0 N–H and O–H groups in total. The monoisotopic (exact) mass is 363 g/mol. The zero-order chi connectivity index (χ0) is 17.4. The van der Waals surface area contributed by atoms with Crippen LogP contribution in [0.15, 0.2) is 66.7 Å². The van der Waals surface area contributed by atoms with Crippen LogP contribution in [-0.4, -0.2) is 10.8 Å². The fraction of sp³-hybridized carbons (Fsp3) is 0.0476. The van der Waals surface area contributed by atoms with Crippen molar-refractivity contribution in [1.82, 2.24) is 4.98 Å². The van der Waals surface area contributed by atoms with Gasteiger partial charge in [0.05, 0.1) is 10.2 Å². The van der Waals surface area contributed by atoms with Crippen LogP contribution < -0.4 is 0 Å². The van der Waals surface area contributed by atoms with Gasteiger partial charge < -0.3 is 0 Å². The molecule has 0 aliphatic carbocycles. The Hall–Kier alpha value is -2.49. The number of carbonyl (C=O) groups excluding carboxylic acids is 1. The van der Waals surface area contributed by atoms with Crippen LogP contribution in [-0.2, 0) is 0 Å². The summed E-state index contributed by atoms with van der Waals surface area (Å²) in [5.41, 5.74) is 4.21. The van der Waals surface area contributed by atoms with E-state index in [1.807, 2.05) is 49.4 Å². The van der Waals surface area contributed by atoms with Crippen LogP contribution in [0.3, 0.4) is 0 Å². The molecule has 0 spiro atoms. The molecular formula is C21H14ClNOS. The SMILES string of the molecule is Cc1ccc(C(=O)c2ccc(Cl)cc2)c(-c2nc3ccccc3s2)c1. The lowest BCUT2D eigenvalue weighted by molar-refractivity contribution is 0.103. The summed E-state index contributed by atoms with van der Waals surface area (Å²) in [5.74, 6) is -0.0223. The Balaban J connectivity index is 1.86. The van der Waals surface area contributed by atoms with Gasteiger partial charge in [0.25, 0.3) is 0 Å². The molecule has 0 bridgehead atoms. The first kappa shape index (κ1) is 16.0. The Bertz CT molecular complexity index is 1050. The topological polar surface area (TPSA) is 30.0 Å². The zero-order valence-electron chi connectivity index (χ0n) is 13.5. The third-order valence-electron chi connectivity index (χ3n) is 4.05. The Morgan fingerprint density at radius 1 is 1.00 bits per heavy atom. The molecular weight excluding hydrogens is 350 g/mol. The second kappa shape index (κ2) is 6.43. The molecule has 25 heavy (non-hydrogen) atoms. The lowest BCUT2D eigenvalue weighted by Gasteiger charge is -2.08. The summed E-state index contributed by atoms with van der Waals surface area (Å²) in [6.07, 6.45) is 0. The van der Waals surface area contributed by atoms with Crippen LogP contribution in [0.2, 0.25) is 5.02 Å². The van der Waals surface area contributed by atoms with E-state index in [0.29, 0.717) is 16.1 Å². The highest BCUT2D eigenvalue weighted by molar-refractivity contribution is 7.21. The predicted molar refractivity (Wildman–Crippen MR) is 105 cm³/mol. The lowest BCUT2D eigenvalue weighted by atomic mass is 9.97. The lowest BCUT2D eigenvalue weighted by Crippen LogP contribution is -2.03. The van der Waals surface area contributed by atoms with E-state index >= 15 is 0 Å². The van der Waals surface area contributed by atoms with Crippen LogP contribution >= 0.6 is 22.9 Å². The summed E-state index contributed by atoms with van der Waals surface area (Å²) in [4.78, 5) is 17.7. The van der Waals surface area contributed by atoms with Crippen LogP contribution in [0, 0.1) is 6.92 Å². The molecule has 4 heteroatoms. The van der Waals surface area contributed by atoms with E-state index in [0.717, 1.165) is 26.4 Å². The standard InChI is InChI=1S/C21H14ClNOS/c1-13-6-11-16(20(24)14-7-9-15(22)10-8-14)17(12-13)21-23-18-4-2-3-5-19(18)25-21/h2-12H,1H3. The average molecular weight is 364 g/mol. The van der Waals surface area contributed by atoms with Gasteiger partial charge in [-0.2, -0.15) is 0 Å². The highest BCUT2D eigenvalue weighted by Gasteiger charge is 2.17. The van der Waals surface area contributed by atoms with Gasteiger partial charge in [0.15, 0.2) is 5.78 Å². The molecule has 1 aromatic heterocycles. The van der Waals surface area contributed by atoms with Crippen LogP contribution in [0.25, 0.3) is 20.8 Å². The summed E-state index contributed by atoms with van der Waals surface area (Å²) in [7, 11) is 0. The van der Waals surface area contributed by atoms with Crippen molar-refractivity contribution in [2.75, 3.05) is 0 Å². The van der Waals surface area contributed by atoms with Crippen molar-refractivity contribution in [3.05, 3.63) is 88.4 Å². The number of rotatable bonds is 3. The fourth-order valence-corrected chi connectivity index (χ4v) is 3.90. The van der Waals surface area contributed by atoms with E-state index in [9.17, 15) is 4.79 Å². The van der Waals surface area contributed by atoms with E-state index in [2.05, 4.69) is 0 Å². The Morgan fingerprint density at radius 2 is 1.76 bits per heavy atom. The highest BCUT2D eigenvalue weighted by Crippen LogP contribution is 2.33.